The van der Waals surface area contributed by atoms with Crippen molar-refractivity contribution < 1.29 is 14.4 Å². The molecule has 0 amide bonds. The minimum absolute atomic E-state index is 0.194. The van der Waals surface area contributed by atoms with Crippen molar-refractivity contribution in [3.63, 3.8) is 0 Å². The Balaban J connectivity index is 0. The lowest BCUT2D eigenvalue weighted by molar-refractivity contribution is 0.405. The number of halogens is 2. The van der Waals surface area contributed by atoms with Gasteiger partial charge in [0.25, 0.3) is 0 Å². The van der Waals surface area contributed by atoms with E-state index in [1.54, 1.807) is 24.8 Å². The molecule has 0 atom stereocenters. The summed E-state index contributed by atoms with van der Waals surface area (Å²) in [5.41, 5.74) is 0. The van der Waals surface area contributed by atoms with E-state index in [9.17, 15) is 0 Å². The molecule has 0 unspecified atom stereocenters. The van der Waals surface area contributed by atoms with E-state index in [0.717, 1.165) is 0 Å². The standard InChI is InChI=1S/2C5H5N.CH2Cl2.H3O3P/c2*1-2-4-6-5-3-1;2-1-3;1-4(2)3/h2*1-5H;1H2;4H,(H2,1,2,3). The van der Waals surface area contributed by atoms with Crippen molar-refractivity contribution in [1.29, 1.82) is 0 Å². The summed E-state index contributed by atoms with van der Waals surface area (Å²) in [6.45, 7) is 0. The highest BCUT2D eigenvalue weighted by molar-refractivity contribution is 7.30. The Morgan fingerprint density at radius 3 is 1.05 bits per heavy atom. The van der Waals surface area contributed by atoms with Crippen LogP contribution in [0.1, 0.15) is 0 Å². The summed E-state index contributed by atoms with van der Waals surface area (Å²) in [5, 5.41) is 0.194. The van der Waals surface area contributed by atoms with Gasteiger partial charge in [0.1, 0.15) is 0 Å². The molecule has 0 saturated heterocycles. The molecule has 2 aromatic heterocycles. The molecule has 5 nitrogen and oxygen atoms in total. The molecule has 8 heteroatoms. The molecular weight excluding hydrogens is 310 g/mol. The fourth-order valence-corrected chi connectivity index (χ4v) is 0.625. The van der Waals surface area contributed by atoms with Crippen molar-refractivity contribution in [2.75, 3.05) is 5.34 Å². The van der Waals surface area contributed by atoms with Crippen molar-refractivity contribution >= 4 is 31.5 Å². The van der Waals surface area contributed by atoms with E-state index < -0.39 is 8.25 Å². The zero-order valence-corrected chi connectivity index (χ0v) is 12.4. The number of nitrogens with zero attached hydrogens (tertiary/aromatic N) is 2. The summed E-state index contributed by atoms with van der Waals surface area (Å²) in [5.74, 6) is 0. The number of rotatable bonds is 0. The van der Waals surface area contributed by atoms with Crippen LogP contribution >= 0.6 is 31.5 Å². The average molecular weight is 325 g/mol. The van der Waals surface area contributed by atoms with E-state index in [2.05, 4.69) is 9.97 Å². The second-order valence-electron chi connectivity index (χ2n) is 2.43. The molecule has 0 bridgehead atoms. The molecule has 2 aromatic rings. The number of aromatic nitrogens is 2. The van der Waals surface area contributed by atoms with Crippen LogP contribution < -0.4 is 0 Å². The molecule has 2 heterocycles. The van der Waals surface area contributed by atoms with Crippen molar-refractivity contribution in [1.82, 2.24) is 9.97 Å². The van der Waals surface area contributed by atoms with Gasteiger partial charge in [-0.25, -0.2) is 0 Å². The lowest BCUT2D eigenvalue weighted by Gasteiger charge is -1.70. The third-order valence-corrected chi connectivity index (χ3v) is 1.13. The highest BCUT2D eigenvalue weighted by Crippen LogP contribution is 1.98. The summed E-state index contributed by atoms with van der Waals surface area (Å²) < 4.78 is 8.74. The maximum atomic E-state index is 8.74. The van der Waals surface area contributed by atoms with Gasteiger partial charge in [-0.05, 0) is 24.3 Å². The van der Waals surface area contributed by atoms with Crippen molar-refractivity contribution in [3.05, 3.63) is 61.2 Å². The molecule has 0 aromatic carbocycles. The second kappa shape index (κ2) is 19.4. The van der Waals surface area contributed by atoms with E-state index in [4.69, 9.17) is 37.6 Å². The van der Waals surface area contributed by atoms with Gasteiger partial charge >= 0.3 is 8.25 Å². The Morgan fingerprint density at radius 2 is 1.00 bits per heavy atom. The van der Waals surface area contributed by atoms with E-state index in [1.165, 1.54) is 0 Å². The van der Waals surface area contributed by atoms with Crippen molar-refractivity contribution in [3.8, 4) is 0 Å². The fraction of sp³-hybridized carbons (Fsp3) is 0.0909. The fourth-order valence-electron chi connectivity index (χ4n) is 0.625. The number of pyridine rings is 2. The smallest absolute Gasteiger partial charge is 0.314 e. The monoisotopic (exact) mass is 324 g/mol. The van der Waals surface area contributed by atoms with Gasteiger partial charge in [-0.1, -0.05) is 12.1 Å². The van der Waals surface area contributed by atoms with Crippen LogP contribution in [0.5, 0.6) is 0 Å². The number of hydrogen-bond donors (Lipinski definition) is 2. The highest BCUT2D eigenvalue weighted by atomic mass is 35.5. The Kier molecular flexibility index (Phi) is 20.7. The average Bonchev–Trinajstić information content (AvgIpc) is 2.44. The largest absolute Gasteiger partial charge is 0.326 e. The van der Waals surface area contributed by atoms with Crippen LogP contribution in [0, 0.1) is 0 Å². The zero-order valence-electron chi connectivity index (χ0n) is 9.93. The molecule has 0 saturated carbocycles. The third-order valence-electron chi connectivity index (χ3n) is 1.13. The van der Waals surface area contributed by atoms with Crippen LogP contribution in [-0.4, -0.2) is 25.1 Å². The van der Waals surface area contributed by atoms with E-state index in [1.807, 2.05) is 36.4 Å². The molecule has 0 aliphatic rings. The first-order chi connectivity index (χ1) is 9.15. The Hall–Kier alpha value is -0.970. The zero-order chi connectivity index (χ0) is 14.8. The van der Waals surface area contributed by atoms with Gasteiger partial charge in [-0.2, -0.15) is 0 Å². The van der Waals surface area contributed by atoms with Crippen LogP contribution in [0.15, 0.2) is 61.2 Å². The lowest BCUT2D eigenvalue weighted by Crippen LogP contribution is -1.58. The van der Waals surface area contributed by atoms with Crippen LogP contribution in [0.2, 0.25) is 0 Å². The lowest BCUT2D eigenvalue weighted by atomic mass is 10.5. The third kappa shape index (κ3) is 31.6. The molecule has 2 rings (SSSR count). The van der Waals surface area contributed by atoms with Gasteiger partial charge in [-0.3, -0.25) is 14.5 Å². The first-order valence-electron chi connectivity index (χ1n) is 4.89. The van der Waals surface area contributed by atoms with Crippen LogP contribution in [0.25, 0.3) is 0 Å². The second-order valence-corrected chi connectivity index (χ2v) is 3.81. The Bertz CT molecular complexity index is 293. The molecule has 2 N–H and O–H groups in total. The molecule has 19 heavy (non-hydrogen) atoms. The molecule has 106 valence electrons. The predicted molar refractivity (Wildman–Crippen MR) is 78.5 cm³/mol. The molecule has 0 fully saturated rings. The molecular formula is C11H15Cl2N2O3P. The van der Waals surface area contributed by atoms with E-state index >= 15 is 0 Å². The normalized spacial score (nSPS) is 7.84. The topological polar surface area (TPSA) is 83.3 Å². The van der Waals surface area contributed by atoms with Gasteiger partial charge in [0.2, 0.25) is 0 Å². The minimum Gasteiger partial charge on any atom is -0.326 e. The van der Waals surface area contributed by atoms with E-state index in [-0.39, 0.29) is 5.34 Å². The quantitative estimate of drug-likeness (QED) is 0.575. The summed E-state index contributed by atoms with van der Waals surface area (Å²) in [6, 6.07) is 11.4. The minimum atomic E-state index is -3.13. The molecule has 0 aliphatic heterocycles. The van der Waals surface area contributed by atoms with Gasteiger partial charge in [-0.15, -0.1) is 23.2 Å². The number of hydrogen-bond acceptors (Lipinski definition) is 3. The maximum absolute atomic E-state index is 8.74. The maximum Gasteiger partial charge on any atom is 0.314 e. The molecule has 0 aliphatic carbocycles. The van der Waals surface area contributed by atoms with Gasteiger partial charge < -0.3 is 9.79 Å². The van der Waals surface area contributed by atoms with Gasteiger partial charge in [0.15, 0.2) is 0 Å². The Labute approximate surface area is 122 Å². The molecule has 0 spiro atoms. The molecule has 0 radical (unpaired) electrons. The summed E-state index contributed by atoms with van der Waals surface area (Å²) in [7, 11) is -3.13. The van der Waals surface area contributed by atoms with Gasteiger partial charge in [0.05, 0.1) is 5.34 Å². The first-order valence-corrected chi connectivity index (χ1v) is 7.26. The predicted octanol–water partition coefficient (Wildman–Crippen LogP) is 2.95. The van der Waals surface area contributed by atoms with Crippen molar-refractivity contribution in [2.45, 2.75) is 0 Å². The first kappa shape index (κ1) is 20.3. The highest BCUT2D eigenvalue weighted by Gasteiger charge is 1.61. The van der Waals surface area contributed by atoms with Crippen LogP contribution in [0.4, 0.5) is 0 Å². The van der Waals surface area contributed by atoms with Crippen molar-refractivity contribution in [2.24, 2.45) is 0 Å². The Morgan fingerprint density at radius 1 is 0.789 bits per heavy atom. The number of alkyl halides is 2. The van der Waals surface area contributed by atoms with E-state index in [0.29, 0.717) is 0 Å². The SMILES string of the molecule is ClCCl.O=[PH](O)O.c1ccncc1.c1ccncc1. The summed E-state index contributed by atoms with van der Waals surface area (Å²) >= 11 is 9.53. The van der Waals surface area contributed by atoms with Crippen LogP contribution in [0.3, 0.4) is 0 Å². The summed E-state index contributed by atoms with van der Waals surface area (Å²) in [6.07, 6.45) is 7.00. The van der Waals surface area contributed by atoms with Gasteiger partial charge in [0, 0.05) is 24.8 Å². The summed E-state index contributed by atoms with van der Waals surface area (Å²) in [4.78, 5) is 21.9. The van der Waals surface area contributed by atoms with Crippen LogP contribution in [-0.2, 0) is 4.57 Å².